The topological polar surface area (TPSA) is 41.1 Å². The van der Waals surface area contributed by atoms with Crippen molar-refractivity contribution >= 4 is 17.3 Å². The van der Waals surface area contributed by atoms with Crippen molar-refractivity contribution < 1.29 is 0 Å². The first-order valence-corrected chi connectivity index (χ1v) is 6.59. The second-order valence-corrected chi connectivity index (χ2v) is 4.85. The molecule has 0 unspecified atom stereocenters. The third-order valence-corrected chi connectivity index (χ3v) is 3.61. The molecule has 0 fully saturated rings. The Bertz CT molecular complexity index is 622. The van der Waals surface area contributed by atoms with Crippen LogP contribution in [0.2, 0.25) is 0 Å². The van der Waals surface area contributed by atoms with Crippen molar-refractivity contribution in [1.82, 2.24) is 9.97 Å². The van der Waals surface area contributed by atoms with Gasteiger partial charge in [-0.25, -0.2) is 9.97 Å². The first-order valence-electron chi connectivity index (χ1n) is 6.59. The van der Waals surface area contributed by atoms with Gasteiger partial charge < -0.3 is 10.2 Å². The van der Waals surface area contributed by atoms with E-state index in [0.717, 1.165) is 36.0 Å². The van der Waals surface area contributed by atoms with E-state index in [9.17, 15) is 0 Å². The number of para-hydroxylation sites is 1. The van der Waals surface area contributed by atoms with Gasteiger partial charge in [0.25, 0.3) is 0 Å². The van der Waals surface area contributed by atoms with Crippen LogP contribution in [0.25, 0.3) is 0 Å². The largest absolute Gasteiger partial charge is 0.373 e. The minimum atomic E-state index is 0.800. The Hall–Kier alpha value is -2.10. The molecule has 98 valence electrons. The molecule has 0 radical (unpaired) electrons. The van der Waals surface area contributed by atoms with Crippen LogP contribution in [-0.4, -0.2) is 23.6 Å². The van der Waals surface area contributed by atoms with Crippen LogP contribution in [0, 0.1) is 13.8 Å². The van der Waals surface area contributed by atoms with Gasteiger partial charge >= 0.3 is 0 Å². The zero-order valence-electron chi connectivity index (χ0n) is 11.6. The molecule has 1 aliphatic rings. The van der Waals surface area contributed by atoms with Gasteiger partial charge in [0.1, 0.15) is 17.5 Å². The lowest BCUT2D eigenvalue weighted by atomic mass is 10.2. The van der Waals surface area contributed by atoms with Crippen molar-refractivity contribution in [3.8, 4) is 0 Å². The van der Waals surface area contributed by atoms with Crippen molar-refractivity contribution in [2.24, 2.45) is 0 Å². The Balaban J connectivity index is 2.12. The number of fused-ring (bicyclic) bond motifs is 1. The van der Waals surface area contributed by atoms with Crippen molar-refractivity contribution in [3.05, 3.63) is 41.2 Å². The molecule has 3 rings (SSSR count). The number of anilines is 3. The second kappa shape index (κ2) is 4.53. The maximum absolute atomic E-state index is 4.64. The Labute approximate surface area is 113 Å². The molecule has 0 atom stereocenters. The van der Waals surface area contributed by atoms with Gasteiger partial charge in [-0.1, -0.05) is 18.2 Å². The molecule has 2 heterocycles. The summed E-state index contributed by atoms with van der Waals surface area (Å²) in [4.78, 5) is 11.4. The molecular formula is C15H18N4. The van der Waals surface area contributed by atoms with Crippen LogP contribution < -0.4 is 10.2 Å². The zero-order valence-corrected chi connectivity index (χ0v) is 11.6. The van der Waals surface area contributed by atoms with Gasteiger partial charge in [0.15, 0.2) is 0 Å². The fourth-order valence-electron chi connectivity index (χ4n) is 2.68. The van der Waals surface area contributed by atoms with Crippen LogP contribution in [0.5, 0.6) is 0 Å². The molecule has 4 nitrogen and oxygen atoms in total. The van der Waals surface area contributed by atoms with E-state index >= 15 is 0 Å². The molecule has 0 saturated carbocycles. The molecule has 2 aromatic rings. The lowest BCUT2D eigenvalue weighted by Gasteiger charge is -2.22. The summed E-state index contributed by atoms with van der Waals surface area (Å²) in [5, 5.41) is 3.15. The Morgan fingerprint density at radius 2 is 1.95 bits per heavy atom. The summed E-state index contributed by atoms with van der Waals surface area (Å²) in [6.07, 6.45) is 1.08. The summed E-state index contributed by atoms with van der Waals surface area (Å²) in [6.45, 7) is 4.99. The highest BCUT2D eigenvalue weighted by molar-refractivity contribution is 5.72. The summed E-state index contributed by atoms with van der Waals surface area (Å²) in [5.41, 5.74) is 3.76. The summed E-state index contributed by atoms with van der Waals surface area (Å²) in [6, 6.07) is 8.54. The van der Waals surface area contributed by atoms with E-state index in [1.165, 1.54) is 11.3 Å². The van der Waals surface area contributed by atoms with Gasteiger partial charge in [-0.05, 0) is 31.9 Å². The van der Waals surface area contributed by atoms with Gasteiger partial charge in [0.05, 0.1) is 0 Å². The van der Waals surface area contributed by atoms with Crippen LogP contribution in [0.1, 0.15) is 17.0 Å². The number of rotatable bonds is 2. The number of aromatic nitrogens is 2. The molecule has 19 heavy (non-hydrogen) atoms. The Kier molecular flexibility index (Phi) is 2.85. The van der Waals surface area contributed by atoms with Crippen molar-refractivity contribution in [2.75, 3.05) is 23.8 Å². The van der Waals surface area contributed by atoms with Crippen molar-refractivity contribution in [2.45, 2.75) is 20.3 Å². The van der Waals surface area contributed by atoms with Crippen molar-refractivity contribution in [3.63, 3.8) is 0 Å². The first kappa shape index (κ1) is 12.0. The Morgan fingerprint density at radius 1 is 1.16 bits per heavy atom. The molecule has 0 amide bonds. The lowest BCUT2D eigenvalue weighted by Crippen LogP contribution is -2.18. The molecular weight excluding hydrogens is 236 g/mol. The molecule has 0 bridgehead atoms. The summed E-state index contributed by atoms with van der Waals surface area (Å²) >= 11 is 0. The highest BCUT2D eigenvalue weighted by Crippen LogP contribution is 2.36. The van der Waals surface area contributed by atoms with E-state index in [0.29, 0.717) is 0 Å². The summed E-state index contributed by atoms with van der Waals surface area (Å²) in [7, 11) is 1.90. The average molecular weight is 254 g/mol. The lowest BCUT2D eigenvalue weighted by molar-refractivity contribution is 0.933. The quantitative estimate of drug-likeness (QED) is 0.894. The second-order valence-electron chi connectivity index (χ2n) is 4.85. The van der Waals surface area contributed by atoms with Crippen LogP contribution in [0.4, 0.5) is 17.3 Å². The highest BCUT2D eigenvalue weighted by Gasteiger charge is 2.23. The standard InChI is InChI=1S/C15H18N4/c1-10-14(16-3)17-11(2)18-15(10)19-9-8-12-6-4-5-7-13(12)19/h4-7H,8-9H2,1-3H3,(H,16,17,18). The summed E-state index contributed by atoms with van der Waals surface area (Å²) < 4.78 is 0. The number of aryl methyl sites for hydroxylation is 1. The van der Waals surface area contributed by atoms with Crippen LogP contribution >= 0.6 is 0 Å². The van der Waals surface area contributed by atoms with E-state index in [1.807, 2.05) is 14.0 Å². The number of benzene rings is 1. The van der Waals surface area contributed by atoms with Crippen LogP contribution in [0.15, 0.2) is 24.3 Å². The molecule has 1 aromatic carbocycles. The highest BCUT2D eigenvalue weighted by atomic mass is 15.2. The summed E-state index contributed by atoms with van der Waals surface area (Å²) in [5.74, 6) is 2.73. The maximum Gasteiger partial charge on any atom is 0.141 e. The predicted octanol–water partition coefficient (Wildman–Crippen LogP) is 2.83. The number of nitrogens with one attached hydrogen (secondary N) is 1. The monoisotopic (exact) mass is 254 g/mol. The SMILES string of the molecule is CNc1nc(C)nc(N2CCc3ccccc32)c1C. The number of nitrogens with zero attached hydrogens (tertiary/aromatic N) is 3. The van der Waals surface area contributed by atoms with Gasteiger partial charge in [0, 0.05) is 24.8 Å². The molecule has 1 N–H and O–H groups in total. The molecule has 0 saturated heterocycles. The van der Waals surface area contributed by atoms with Gasteiger partial charge in [-0.3, -0.25) is 0 Å². The first-order chi connectivity index (χ1) is 9.20. The van der Waals surface area contributed by atoms with E-state index in [1.54, 1.807) is 0 Å². The Morgan fingerprint density at radius 3 is 2.74 bits per heavy atom. The third-order valence-electron chi connectivity index (χ3n) is 3.61. The minimum Gasteiger partial charge on any atom is -0.373 e. The molecule has 0 spiro atoms. The molecule has 4 heteroatoms. The third kappa shape index (κ3) is 1.93. The fourth-order valence-corrected chi connectivity index (χ4v) is 2.68. The van der Waals surface area contributed by atoms with Gasteiger partial charge in [-0.15, -0.1) is 0 Å². The van der Waals surface area contributed by atoms with E-state index < -0.39 is 0 Å². The minimum absolute atomic E-state index is 0.800. The van der Waals surface area contributed by atoms with Crippen molar-refractivity contribution in [1.29, 1.82) is 0 Å². The average Bonchev–Trinajstić information content (AvgIpc) is 2.85. The predicted molar refractivity (Wildman–Crippen MR) is 78.2 cm³/mol. The normalized spacial score (nSPS) is 13.5. The maximum atomic E-state index is 4.64. The fraction of sp³-hybridized carbons (Fsp3) is 0.333. The van der Waals surface area contributed by atoms with E-state index in [2.05, 4.69) is 51.4 Å². The molecule has 1 aliphatic heterocycles. The molecule has 1 aromatic heterocycles. The van der Waals surface area contributed by atoms with Gasteiger partial charge in [-0.2, -0.15) is 0 Å². The van der Waals surface area contributed by atoms with Gasteiger partial charge in [0.2, 0.25) is 0 Å². The van der Waals surface area contributed by atoms with E-state index in [-0.39, 0.29) is 0 Å². The smallest absolute Gasteiger partial charge is 0.141 e. The number of hydrogen-bond acceptors (Lipinski definition) is 4. The molecule has 0 aliphatic carbocycles. The van der Waals surface area contributed by atoms with Crippen LogP contribution in [0.3, 0.4) is 0 Å². The number of hydrogen-bond donors (Lipinski definition) is 1. The zero-order chi connectivity index (χ0) is 13.4. The van der Waals surface area contributed by atoms with Crippen LogP contribution in [-0.2, 0) is 6.42 Å². The van der Waals surface area contributed by atoms with E-state index in [4.69, 9.17) is 0 Å².